The maximum absolute atomic E-state index is 12.0. The molecule has 2 amide bonds. The highest BCUT2D eigenvalue weighted by atomic mass is 35.5. The van der Waals surface area contributed by atoms with Gasteiger partial charge in [-0.3, -0.25) is 4.98 Å². The van der Waals surface area contributed by atoms with Gasteiger partial charge in [0.15, 0.2) is 0 Å². The van der Waals surface area contributed by atoms with Crippen LogP contribution in [0.25, 0.3) is 15.7 Å². The molecule has 2 aliphatic rings. The van der Waals surface area contributed by atoms with E-state index in [1.54, 1.807) is 42.6 Å². The van der Waals surface area contributed by atoms with Crippen LogP contribution in [0.5, 0.6) is 17.2 Å². The maximum Gasteiger partial charge on any atom is 0.319 e. The molecule has 1 saturated carbocycles. The molecule has 2 fully saturated rings. The van der Waals surface area contributed by atoms with E-state index >= 15 is 0 Å². The Kier molecular flexibility index (Phi) is 7.12. The van der Waals surface area contributed by atoms with Crippen molar-refractivity contribution in [1.82, 2.24) is 15.2 Å². The lowest BCUT2D eigenvalue weighted by Crippen LogP contribution is -2.34. The predicted octanol–water partition coefficient (Wildman–Crippen LogP) is 6.24. The Morgan fingerprint density at radius 1 is 1.22 bits per heavy atom. The molecule has 0 spiro atoms. The third-order valence-corrected chi connectivity index (χ3v) is 6.74. The van der Waals surface area contributed by atoms with E-state index in [1.165, 1.54) is 0 Å². The van der Waals surface area contributed by atoms with Crippen LogP contribution in [0.4, 0.5) is 16.2 Å². The topological polar surface area (TPSA) is 80.1 Å². The van der Waals surface area contributed by atoms with Crippen molar-refractivity contribution in [2.45, 2.75) is 31.7 Å². The number of amides is 2. The minimum absolute atomic E-state index is 0.256. The minimum atomic E-state index is -0.270. The first-order valence-corrected chi connectivity index (χ1v) is 12.5. The summed E-state index contributed by atoms with van der Waals surface area (Å²) in [5.41, 5.74) is 1.60. The van der Waals surface area contributed by atoms with Crippen molar-refractivity contribution in [1.29, 1.82) is 0 Å². The van der Waals surface area contributed by atoms with Crippen LogP contribution < -0.4 is 20.1 Å². The first-order valence-electron chi connectivity index (χ1n) is 12.1. The molecule has 0 bridgehead atoms. The summed E-state index contributed by atoms with van der Waals surface area (Å²) in [6, 6.07) is 10.4. The molecule has 1 aliphatic heterocycles. The normalized spacial score (nSPS) is 17.9. The highest BCUT2D eigenvalue weighted by Crippen LogP contribution is 2.38. The van der Waals surface area contributed by atoms with Crippen LogP contribution in [0.3, 0.4) is 0 Å². The predicted molar refractivity (Wildman–Crippen MR) is 140 cm³/mol. The van der Waals surface area contributed by atoms with Gasteiger partial charge in [-0.1, -0.05) is 11.6 Å². The fourth-order valence-corrected chi connectivity index (χ4v) is 4.62. The summed E-state index contributed by atoms with van der Waals surface area (Å²) in [7, 11) is 2.13. The van der Waals surface area contributed by atoms with Crippen LogP contribution in [0.15, 0.2) is 42.6 Å². The third kappa shape index (κ3) is 5.81. The average molecular weight is 506 g/mol. The van der Waals surface area contributed by atoms with Gasteiger partial charge in [-0.05, 0) is 69.6 Å². The van der Waals surface area contributed by atoms with Gasteiger partial charge in [-0.25, -0.2) is 9.64 Å². The number of benzene rings is 2. The Bertz CT molecular complexity index is 1320. The molecule has 186 valence electrons. The summed E-state index contributed by atoms with van der Waals surface area (Å²) in [5.74, 6) is 2.04. The van der Waals surface area contributed by atoms with Crippen molar-refractivity contribution in [2.24, 2.45) is 5.92 Å². The van der Waals surface area contributed by atoms with Crippen LogP contribution in [-0.2, 0) is 0 Å². The summed E-state index contributed by atoms with van der Waals surface area (Å²) >= 11 is 6.39. The molecular formula is C27H28ClN5O3. The number of piperidine rings is 1. The smallest absolute Gasteiger partial charge is 0.319 e. The molecule has 1 aliphatic carbocycles. The first kappa shape index (κ1) is 24.2. The molecule has 9 heteroatoms. The molecule has 36 heavy (non-hydrogen) atoms. The lowest BCUT2D eigenvalue weighted by molar-refractivity contribution is 0.151. The van der Waals surface area contributed by atoms with Gasteiger partial charge in [0.1, 0.15) is 17.2 Å². The number of rotatable bonds is 7. The van der Waals surface area contributed by atoms with Crippen molar-refractivity contribution in [3.8, 4) is 17.2 Å². The van der Waals surface area contributed by atoms with Gasteiger partial charge < -0.3 is 25.0 Å². The minimum Gasteiger partial charge on any atom is -0.504 e. The van der Waals surface area contributed by atoms with Gasteiger partial charge in [0, 0.05) is 36.2 Å². The Balaban J connectivity index is 1.32. The summed E-state index contributed by atoms with van der Waals surface area (Å²) in [4.78, 5) is 22.5. The zero-order valence-electron chi connectivity index (χ0n) is 20.1. The van der Waals surface area contributed by atoms with Crippen LogP contribution in [0.2, 0.25) is 5.02 Å². The lowest BCUT2D eigenvalue weighted by atomic mass is 9.99. The molecular weight excluding hydrogens is 478 g/mol. The van der Waals surface area contributed by atoms with Gasteiger partial charge >= 0.3 is 6.03 Å². The van der Waals surface area contributed by atoms with E-state index in [4.69, 9.17) is 27.6 Å². The molecule has 5 rings (SSSR count). The SMILES string of the molecule is [C-]#[N+]c1cc2c(Oc3ccc(NC(=O)NC4CC4)c(Cl)c3)ccnc2cc1OCC1CCCN(C)C1. The number of carbonyl (C=O) groups excluding carboxylic acids is 1. The largest absolute Gasteiger partial charge is 0.504 e. The van der Waals surface area contributed by atoms with E-state index in [1.807, 2.05) is 0 Å². The Hall–Kier alpha value is -3.54. The van der Waals surface area contributed by atoms with Crippen molar-refractivity contribution in [2.75, 3.05) is 32.1 Å². The molecule has 0 radical (unpaired) electrons. The van der Waals surface area contributed by atoms with Gasteiger partial charge in [0.05, 0.1) is 29.4 Å². The summed E-state index contributed by atoms with van der Waals surface area (Å²) in [6.07, 6.45) is 5.97. The highest BCUT2D eigenvalue weighted by molar-refractivity contribution is 6.33. The number of halogens is 1. The Morgan fingerprint density at radius 2 is 2.08 bits per heavy atom. The second-order valence-corrected chi connectivity index (χ2v) is 9.86. The van der Waals surface area contributed by atoms with E-state index in [-0.39, 0.29) is 12.1 Å². The van der Waals surface area contributed by atoms with Crippen LogP contribution in [0.1, 0.15) is 25.7 Å². The van der Waals surface area contributed by atoms with Crippen LogP contribution in [0, 0.1) is 12.5 Å². The number of carbonyl (C=O) groups is 1. The number of hydrogen-bond acceptors (Lipinski definition) is 5. The zero-order valence-corrected chi connectivity index (χ0v) is 20.8. The number of anilines is 1. The number of fused-ring (bicyclic) bond motifs is 1. The number of pyridine rings is 1. The number of nitrogens with zero attached hydrogens (tertiary/aromatic N) is 3. The van der Waals surface area contributed by atoms with E-state index in [0.717, 1.165) is 38.8 Å². The third-order valence-electron chi connectivity index (χ3n) is 6.43. The summed E-state index contributed by atoms with van der Waals surface area (Å²) in [6.45, 7) is 10.4. The van der Waals surface area contributed by atoms with Crippen molar-refractivity contribution in [3.63, 3.8) is 0 Å². The second kappa shape index (κ2) is 10.6. The molecule has 1 saturated heterocycles. The molecule has 2 N–H and O–H groups in total. The quantitative estimate of drug-likeness (QED) is 0.372. The molecule has 8 nitrogen and oxygen atoms in total. The summed E-state index contributed by atoms with van der Waals surface area (Å²) < 4.78 is 12.2. The van der Waals surface area contributed by atoms with Gasteiger partial charge in [0.25, 0.3) is 0 Å². The summed E-state index contributed by atoms with van der Waals surface area (Å²) in [5, 5.41) is 6.70. The number of nitrogens with one attached hydrogen (secondary N) is 2. The van der Waals surface area contributed by atoms with E-state index in [0.29, 0.717) is 57.1 Å². The van der Waals surface area contributed by atoms with Crippen LogP contribution >= 0.6 is 11.6 Å². The molecule has 3 aromatic rings. The number of ether oxygens (including phenoxy) is 2. The fourth-order valence-electron chi connectivity index (χ4n) is 4.40. The monoisotopic (exact) mass is 505 g/mol. The van der Waals surface area contributed by atoms with Gasteiger partial charge in [0.2, 0.25) is 5.69 Å². The zero-order chi connectivity index (χ0) is 25.1. The molecule has 1 aromatic heterocycles. The van der Waals surface area contributed by atoms with Crippen molar-refractivity contribution < 1.29 is 14.3 Å². The molecule has 2 aromatic carbocycles. The molecule has 1 unspecified atom stereocenters. The first-order chi connectivity index (χ1) is 17.5. The average Bonchev–Trinajstić information content (AvgIpc) is 3.68. The maximum atomic E-state index is 12.0. The standard InChI is InChI=1S/C27H28ClN5O3/c1-29-24-13-20-23(14-26(24)35-16-17-4-3-11-33(2)15-17)30-10-9-25(20)36-19-7-8-22(21(28)12-19)32-27(34)31-18-5-6-18/h7-10,12-14,17-18H,3-6,11,15-16H2,2H3,(H2,31,32,34). The number of aromatic nitrogens is 1. The molecule has 2 heterocycles. The number of urea groups is 1. The fraction of sp³-hybridized carbons (Fsp3) is 0.370. The molecule has 1 atom stereocenters. The number of hydrogen-bond donors (Lipinski definition) is 2. The Morgan fingerprint density at radius 3 is 2.83 bits per heavy atom. The van der Waals surface area contributed by atoms with Gasteiger partial charge in [-0.2, -0.15) is 0 Å². The van der Waals surface area contributed by atoms with Crippen LogP contribution in [-0.4, -0.2) is 48.7 Å². The van der Waals surface area contributed by atoms with Crippen molar-refractivity contribution in [3.05, 3.63) is 59.0 Å². The second-order valence-electron chi connectivity index (χ2n) is 9.46. The van der Waals surface area contributed by atoms with E-state index in [2.05, 4.69) is 32.4 Å². The number of likely N-dealkylation sites (tertiary alicyclic amines) is 1. The van der Waals surface area contributed by atoms with E-state index < -0.39 is 0 Å². The lowest BCUT2D eigenvalue weighted by Gasteiger charge is -2.29. The Labute approximate surface area is 215 Å². The van der Waals surface area contributed by atoms with Crippen molar-refractivity contribution >= 4 is 39.9 Å². The van der Waals surface area contributed by atoms with Gasteiger partial charge in [-0.15, -0.1) is 0 Å². The highest BCUT2D eigenvalue weighted by Gasteiger charge is 2.23. The van der Waals surface area contributed by atoms with E-state index in [9.17, 15) is 4.79 Å².